The summed E-state index contributed by atoms with van der Waals surface area (Å²) in [5, 5.41) is 1.79. The predicted molar refractivity (Wildman–Crippen MR) is 78.8 cm³/mol. The zero-order chi connectivity index (χ0) is 15.0. The second-order valence-corrected chi connectivity index (χ2v) is 4.83. The molecule has 3 aromatic rings. The maximum absolute atomic E-state index is 12.9. The quantitative estimate of drug-likeness (QED) is 0.618. The number of nitrogen functional groups attached to an aromatic ring is 1. The molecule has 4 heteroatoms. The minimum absolute atomic E-state index is 0.466. The molecule has 0 aliphatic carbocycles. The van der Waals surface area contributed by atoms with Gasteiger partial charge in [-0.3, -0.25) is 0 Å². The lowest BCUT2D eigenvalue weighted by atomic mass is 9.95. The maximum atomic E-state index is 12.9. The second kappa shape index (κ2) is 4.81. The third-order valence-corrected chi connectivity index (χ3v) is 3.44. The van der Waals surface area contributed by atoms with E-state index in [-0.39, 0.29) is 0 Å². The van der Waals surface area contributed by atoms with E-state index in [9.17, 15) is 13.2 Å². The van der Waals surface area contributed by atoms with Crippen LogP contribution in [0.4, 0.5) is 18.9 Å². The third-order valence-electron chi connectivity index (χ3n) is 3.44. The number of fused-ring (bicyclic) bond motifs is 1. The van der Waals surface area contributed by atoms with Crippen LogP contribution in [0.5, 0.6) is 0 Å². The molecular formula is C17H12F3N. The molecule has 3 rings (SSSR count). The van der Waals surface area contributed by atoms with E-state index in [4.69, 9.17) is 5.73 Å². The summed E-state index contributed by atoms with van der Waals surface area (Å²) in [7, 11) is 0. The molecule has 0 aliphatic heterocycles. The van der Waals surface area contributed by atoms with Crippen molar-refractivity contribution in [2.24, 2.45) is 0 Å². The summed E-state index contributed by atoms with van der Waals surface area (Å²) < 4.78 is 38.6. The number of halogens is 3. The summed E-state index contributed by atoms with van der Waals surface area (Å²) in [5.41, 5.74) is 6.90. The van der Waals surface area contributed by atoms with E-state index in [1.807, 2.05) is 30.3 Å². The van der Waals surface area contributed by atoms with E-state index in [1.165, 1.54) is 6.07 Å². The van der Waals surface area contributed by atoms with Gasteiger partial charge in [0.15, 0.2) is 0 Å². The first-order valence-corrected chi connectivity index (χ1v) is 6.42. The molecule has 0 heterocycles. The molecule has 0 fully saturated rings. The number of nitrogens with two attached hydrogens (primary N) is 1. The summed E-state index contributed by atoms with van der Waals surface area (Å²) in [6, 6.07) is 16.3. The molecular weight excluding hydrogens is 275 g/mol. The number of hydrogen-bond acceptors (Lipinski definition) is 1. The highest BCUT2D eigenvalue weighted by Crippen LogP contribution is 2.37. The van der Waals surface area contributed by atoms with Gasteiger partial charge in [0, 0.05) is 11.3 Å². The molecule has 0 spiro atoms. The van der Waals surface area contributed by atoms with Gasteiger partial charge in [-0.15, -0.1) is 0 Å². The molecule has 0 saturated heterocycles. The average molecular weight is 287 g/mol. The smallest absolute Gasteiger partial charge is 0.398 e. The highest BCUT2D eigenvalue weighted by Gasteiger charge is 2.30. The normalized spacial score (nSPS) is 11.8. The van der Waals surface area contributed by atoms with Crippen LogP contribution in [0.3, 0.4) is 0 Å². The molecule has 1 nitrogen and oxygen atoms in total. The Morgan fingerprint density at radius 1 is 0.810 bits per heavy atom. The molecule has 2 N–H and O–H groups in total. The van der Waals surface area contributed by atoms with Crippen LogP contribution in [0, 0.1) is 0 Å². The Balaban J connectivity index is 2.28. The van der Waals surface area contributed by atoms with Gasteiger partial charge >= 0.3 is 6.18 Å². The van der Waals surface area contributed by atoms with Crippen molar-refractivity contribution in [2.75, 3.05) is 5.73 Å². The van der Waals surface area contributed by atoms with E-state index < -0.39 is 11.7 Å². The Morgan fingerprint density at radius 2 is 1.57 bits per heavy atom. The molecule has 0 unspecified atom stereocenters. The number of benzene rings is 3. The first-order chi connectivity index (χ1) is 9.97. The van der Waals surface area contributed by atoms with Crippen molar-refractivity contribution in [1.29, 1.82) is 0 Å². The molecule has 0 amide bonds. The highest BCUT2D eigenvalue weighted by atomic mass is 19.4. The molecule has 0 atom stereocenters. The Morgan fingerprint density at radius 3 is 2.33 bits per heavy atom. The Bertz CT molecular complexity index is 806. The van der Waals surface area contributed by atoms with Crippen LogP contribution in [0.15, 0.2) is 60.7 Å². The third kappa shape index (κ3) is 2.44. The van der Waals surface area contributed by atoms with Gasteiger partial charge in [0.2, 0.25) is 0 Å². The molecule has 0 aliphatic rings. The molecule has 3 aromatic carbocycles. The zero-order valence-corrected chi connectivity index (χ0v) is 11.0. The van der Waals surface area contributed by atoms with E-state index in [0.717, 1.165) is 22.9 Å². The van der Waals surface area contributed by atoms with Crippen LogP contribution in [-0.4, -0.2) is 0 Å². The summed E-state index contributed by atoms with van der Waals surface area (Å²) >= 11 is 0. The summed E-state index contributed by atoms with van der Waals surface area (Å²) in [5.74, 6) is 0. The fourth-order valence-corrected chi connectivity index (χ4v) is 2.46. The molecule has 106 valence electrons. The lowest BCUT2D eigenvalue weighted by molar-refractivity contribution is -0.137. The van der Waals surface area contributed by atoms with Crippen LogP contribution in [0.25, 0.3) is 21.9 Å². The van der Waals surface area contributed by atoms with Crippen molar-refractivity contribution in [3.8, 4) is 11.1 Å². The molecule has 0 bridgehead atoms. The van der Waals surface area contributed by atoms with Gasteiger partial charge < -0.3 is 5.73 Å². The summed E-state index contributed by atoms with van der Waals surface area (Å²) in [6.45, 7) is 0. The van der Waals surface area contributed by atoms with Gasteiger partial charge in [-0.25, -0.2) is 0 Å². The lowest BCUT2D eigenvalue weighted by Gasteiger charge is -2.13. The van der Waals surface area contributed by atoms with Crippen LogP contribution < -0.4 is 5.73 Å². The molecule has 0 radical (unpaired) electrons. The van der Waals surface area contributed by atoms with Crippen molar-refractivity contribution in [3.63, 3.8) is 0 Å². The van der Waals surface area contributed by atoms with E-state index in [1.54, 1.807) is 12.1 Å². The first-order valence-electron chi connectivity index (χ1n) is 6.42. The molecule has 0 aromatic heterocycles. The predicted octanol–water partition coefficient (Wildman–Crippen LogP) is 5.11. The number of anilines is 1. The number of alkyl halides is 3. The van der Waals surface area contributed by atoms with E-state index in [0.29, 0.717) is 16.8 Å². The topological polar surface area (TPSA) is 26.0 Å². The van der Waals surface area contributed by atoms with Crippen LogP contribution in [0.1, 0.15) is 5.56 Å². The highest BCUT2D eigenvalue weighted by molar-refractivity contribution is 6.02. The van der Waals surface area contributed by atoms with Crippen molar-refractivity contribution in [3.05, 3.63) is 66.2 Å². The average Bonchev–Trinajstić information content (AvgIpc) is 2.46. The Hall–Kier alpha value is -2.49. The number of hydrogen-bond donors (Lipinski definition) is 1. The van der Waals surface area contributed by atoms with Crippen LogP contribution in [-0.2, 0) is 6.18 Å². The summed E-state index contributed by atoms with van der Waals surface area (Å²) in [4.78, 5) is 0. The maximum Gasteiger partial charge on any atom is 0.416 e. The van der Waals surface area contributed by atoms with Gasteiger partial charge in [-0.2, -0.15) is 13.2 Å². The van der Waals surface area contributed by atoms with Crippen molar-refractivity contribution >= 4 is 16.5 Å². The largest absolute Gasteiger partial charge is 0.416 e. The van der Waals surface area contributed by atoms with Crippen molar-refractivity contribution in [2.45, 2.75) is 6.18 Å². The summed E-state index contributed by atoms with van der Waals surface area (Å²) in [6.07, 6.45) is -4.37. The fourth-order valence-electron chi connectivity index (χ4n) is 2.46. The molecule has 0 saturated carbocycles. The number of rotatable bonds is 1. The van der Waals surface area contributed by atoms with Crippen molar-refractivity contribution in [1.82, 2.24) is 0 Å². The SMILES string of the molecule is Nc1ccc2ccccc2c1-c1cccc(C(F)(F)F)c1. The van der Waals surface area contributed by atoms with Gasteiger partial charge in [-0.1, -0.05) is 42.5 Å². The fraction of sp³-hybridized carbons (Fsp3) is 0.0588. The van der Waals surface area contributed by atoms with E-state index >= 15 is 0 Å². The van der Waals surface area contributed by atoms with Crippen molar-refractivity contribution < 1.29 is 13.2 Å². The second-order valence-electron chi connectivity index (χ2n) is 4.83. The van der Waals surface area contributed by atoms with Gasteiger partial charge in [-0.05, 0) is 34.5 Å². The Kier molecular flexibility index (Phi) is 3.09. The van der Waals surface area contributed by atoms with Gasteiger partial charge in [0.05, 0.1) is 5.56 Å². The van der Waals surface area contributed by atoms with Gasteiger partial charge in [0.25, 0.3) is 0 Å². The first kappa shape index (κ1) is 13.5. The Labute approximate surface area is 119 Å². The monoisotopic (exact) mass is 287 g/mol. The van der Waals surface area contributed by atoms with Crippen LogP contribution >= 0.6 is 0 Å². The minimum atomic E-state index is -4.37. The standard InChI is InChI=1S/C17H12F3N/c18-17(19,20)13-6-3-5-12(10-13)16-14-7-2-1-4-11(14)8-9-15(16)21/h1-10H,21H2. The molecule has 21 heavy (non-hydrogen) atoms. The zero-order valence-electron chi connectivity index (χ0n) is 11.0. The lowest BCUT2D eigenvalue weighted by Crippen LogP contribution is -2.04. The van der Waals surface area contributed by atoms with Crippen LogP contribution in [0.2, 0.25) is 0 Å². The minimum Gasteiger partial charge on any atom is -0.398 e. The van der Waals surface area contributed by atoms with E-state index in [2.05, 4.69) is 0 Å². The van der Waals surface area contributed by atoms with Gasteiger partial charge in [0.1, 0.15) is 0 Å².